The van der Waals surface area contributed by atoms with Crippen LogP contribution in [-0.4, -0.2) is 0 Å². The van der Waals surface area contributed by atoms with E-state index in [1.807, 2.05) is 12.1 Å². The van der Waals surface area contributed by atoms with Crippen LogP contribution >= 0.6 is 0 Å². The Kier molecular flexibility index (Phi) is 3.05. The molecular formula is C15H18N2. The van der Waals surface area contributed by atoms with Crippen LogP contribution in [-0.2, 0) is 0 Å². The van der Waals surface area contributed by atoms with E-state index in [0.29, 0.717) is 0 Å². The van der Waals surface area contributed by atoms with Gasteiger partial charge in [0.15, 0.2) is 0 Å². The Morgan fingerprint density at radius 3 is 2.35 bits per heavy atom. The van der Waals surface area contributed by atoms with E-state index in [4.69, 9.17) is 5.73 Å². The van der Waals surface area contributed by atoms with Crippen LogP contribution in [0.4, 0.5) is 17.1 Å². The molecule has 0 saturated heterocycles. The number of aryl methyl sites for hydroxylation is 3. The summed E-state index contributed by atoms with van der Waals surface area (Å²) in [6.45, 7) is 6.25. The first kappa shape index (κ1) is 11.5. The molecule has 3 N–H and O–H groups in total. The summed E-state index contributed by atoms with van der Waals surface area (Å²) in [6.07, 6.45) is 0. The Morgan fingerprint density at radius 2 is 1.71 bits per heavy atom. The average molecular weight is 226 g/mol. The molecule has 2 aromatic rings. The molecule has 2 heteroatoms. The molecule has 0 aromatic heterocycles. The van der Waals surface area contributed by atoms with Crippen molar-refractivity contribution in [2.24, 2.45) is 0 Å². The van der Waals surface area contributed by atoms with Gasteiger partial charge in [0.05, 0.1) is 11.4 Å². The van der Waals surface area contributed by atoms with Crippen LogP contribution in [0.25, 0.3) is 0 Å². The van der Waals surface area contributed by atoms with Crippen molar-refractivity contribution in [2.75, 3.05) is 11.1 Å². The SMILES string of the molecule is Cc1ccc(Nc2c(C)cccc2N)c(C)c1. The number of para-hydroxylation sites is 1. The predicted molar refractivity (Wildman–Crippen MR) is 74.8 cm³/mol. The summed E-state index contributed by atoms with van der Waals surface area (Å²) >= 11 is 0. The topological polar surface area (TPSA) is 38.0 Å². The maximum atomic E-state index is 5.99. The standard InChI is InChI=1S/C15H18N2/c1-10-7-8-14(12(3)9-10)17-15-11(2)5-4-6-13(15)16/h4-9,17H,16H2,1-3H3. The van der Waals surface area contributed by atoms with Crippen molar-refractivity contribution in [2.45, 2.75) is 20.8 Å². The van der Waals surface area contributed by atoms with Crippen molar-refractivity contribution in [1.82, 2.24) is 0 Å². The van der Waals surface area contributed by atoms with Crippen molar-refractivity contribution in [3.63, 3.8) is 0 Å². The lowest BCUT2D eigenvalue weighted by molar-refractivity contribution is 1.35. The second kappa shape index (κ2) is 4.50. The maximum Gasteiger partial charge on any atom is 0.0647 e. The average Bonchev–Trinajstić information content (AvgIpc) is 2.26. The van der Waals surface area contributed by atoms with E-state index in [-0.39, 0.29) is 0 Å². The van der Waals surface area contributed by atoms with Gasteiger partial charge >= 0.3 is 0 Å². The van der Waals surface area contributed by atoms with Gasteiger partial charge in [-0.3, -0.25) is 0 Å². The van der Waals surface area contributed by atoms with Crippen molar-refractivity contribution in [1.29, 1.82) is 0 Å². The highest BCUT2D eigenvalue weighted by Gasteiger charge is 2.04. The third kappa shape index (κ3) is 2.41. The smallest absolute Gasteiger partial charge is 0.0647 e. The van der Waals surface area contributed by atoms with E-state index in [1.165, 1.54) is 11.1 Å². The Morgan fingerprint density at radius 1 is 0.941 bits per heavy atom. The highest BCUT2D eigenvalue weighted by Crippen LogP contribution is 2.28. The molecule has 0 bridgehead atoms. The zero-order valence-electron chi connectivity index (χ0n) is 10.5. The minimum absolute atomic E-state index is 0.782. The highest BCUT2D eigenvalue weighted by atomic mass is 14.9. The molecule has 0 amide bonds. The molecule has 0 saturated carbocycles. The third-order valence-corrected chi connectivity index (χ3v) is 2.95. The fourth-order valence-electron chi connectivity index (χ4n) is 1.95. The van der Waals surface area contributed by atoms with Crippen molar-refractivity contribution in [3.05, 3.63) is 53.1 Å². The highest BCUT2D eigenvalue weighted by molar-refractivity contribution is 5.76. The lowest BCUT2D eigenvalue weighted by Crippen LogP contribution is -2.00. The third-order valence-electron chi connectivity index (χ3n) is 2.95. The summed E-state index contributed by atoms with van der Waals surface area (Å²) in [5.41, 5.74) is 12.5. The van der Waals surface area contributed by atoms with Gasteiger partial charge in [-0.1, -0.05) is 29.8 Å². The molecule has 0 spiro atoms. The van der Waals surface area contributed by atoms with Gasteiger partial charge in [-0.2, -0.15) is 0 Å². The van der Waals surface area contributed by atoms with Gasteiger partial charge in [0, 0.05) is 5.69 Å². The number of nitrogens with one attached hydrogen (secondary N) is 1. The van der Waals surface area contributed by atoms with Gasteiger partial charge in [0.1, 0.15) is 0 Å². The minimum Gasteiger partial charge on any atom is -0.397 e. The molecule has 88 valence electrons. The summed E-state index contributed by atoms with van der Waals surface area (Å²) < 4.78 is 0. The quantitative estimate of drug-likeness (QED) is 0.761. The molecule has 0 fully saturated rings. The monoisotopic (exact) mass is 226 g/mol. The lowest BCUT2D eigenvalue weighted by Gasteiger charge is -2.14. The van der Waals surface area contributed by atoms with Crippen LogP contribution in [0, 0.1) is 20.8 Å². The first-order valence-electron chi connectivity index (χ1n) is 5.77. The Labute approximate surface area is 102 Å². The van der Waals surface area contributed by atoms with Crippen LogP contribution < -0.4 is 11.1 Å². The molecule has 0 aliphatic carbocycles. The molecule has 0 aliphatic rings. The number of hydrogen-bond acceptors (Lipinski definition) is 2. The van der Waals surface area contributed by atoms with Gasteiger partial charge in [0.2, 0.25) is 0 Å². The van der Waals surface area contributed by atoms with Crippen LogP contribution in [0.1, 0.15) is 16.7 Å². The first-order valence-corrected chi connectivity index (χ1v) is 5.77. The van der Waals surface area contributed by atoms with Crippen LogP contribution in [0.3, 0.4) is 0 Å². The number of nitrogen functional groups attached to an aromatic ring is 1. The van der Waals surface area contributed by atoms with E-state index >= 15 is 0 Å². The Hall–Kier alpha value is -1.96. The van der Waals surface area contributed by atoms with Crippen LogP contribution in [0.2, 0.25) is 0 Å². The van der Waals surface area contributed by atoms with E-state index in [9.17, 15) is 0 Å². The molecule has 2 aromatic carbocycles. The summed E-state index contributed by atoms with van der Waals surface area (Å²) in [4.78, 5) is 0. The van der Waals surface area contributed by atoms with Gasteiger partial charge in [-0.15, -0.1) is 0 Å². The number of anilines is 3. The molecule has 0 atom stereocenters. The fraction of sp³-hybridized carbons (Fsp3) is 0.200. The van der Waals surface area contributed by atoms with Gasteiger partial charge in [0.25, 0.3) is 0 Å². The van der Waals surface area contributed by atoms with E-state index < -0.39 is 0 Å². The fourth-order valence-corrected chi connectivity index (χ4v) is 1.95. The number of nitrogens with two attached hydrogens (primary N) is 1. The van der Waals surface area contributed by atoms with E-state index in [2.05, 4.69) is 50.4 Å². The second-order valence-corrected chi connectivity index (χ2v) is 4.48. The summed E-state index contributed by atoms with van der Waals surface area (Å²) in [5, 5.41) is 3.41. The number of hydrogen-bond donors (Lipinski definition) is 2. The largest absolute Gasteiger partial charge is 0.397 e. The molecule has 0 aliphatic heterocycles. The number of rotatable bonds is 2. The summed E-state index contributed by atoms with van der Waals surface area (Å²) in [5.74, 6) is 0. The summed E-state index contributed by atoms with van der Waals surface area (Å²) in [6, 6.07) is 12.3. The normalized spacial score (nSPS) is 10.3. The molecular weight excluding hydrogens is 208 g/mol. The predicted octanol–water partition coefficient (Wildman–Crippen LogP) is 3.94. The number of benzene rings is 2. The second-order valence-electron chi connectivity index (χ2n) is 4.48. The lowest BCUT2D eigenvalue weighted by atomic mass is 10.1. The van der Waals surface area contributed by atoms with Gasteiger partial charge in [-0.25, -0.2) is 0 Å². The van der Waals surface area contributed by atoms with Gasteiger partial charge in [-0.05, 0) is 44.0 Å². The Bertz CT molecular complexity index is 524. The van der Waals surface area contributed by atoms with Crippen LogP contribution in [0.15, 0.2) is 36.4 Å². The van der Waals surface area contributed by atoms with Crippen molar-refractivity contribution in [3.8, 4) is 0 Å². The molecule has 0 radical (unpaired) electrons. The molecule has 0 heterocycles. The maximum absolute atomic E-state index is 5.99. The van der Waals surface area contributed by atoms with Crippen molar-refractivity contribution >= 4 is 17.1 Å². The first-order chi connectivity index (χ1) is 8.08. The minimum atomic E-state index is 0.782. The Balaban J connectivity index is 2.38. The van der Waals surface area contributed by atoms with Gasteiger partial charge < -0.3 is 11.1 Å². The zero-order chi connectivity index (χ0) is 12.4. The summed E-state index contributed by atoms with van der Waals surface area (Å²) in [7, 11) is 0. The molecule has 2 nitrogen and oxygen atoms in total. The van der Waals surface area contributed by atoms with E-state index in [1.54, 1.807) is 0 Å². The molecule has 2 rings (SSSR count). The zero-order valence-corrected chi connectivity index (χ0v) is 10.5. The van der Waals surface area contributed by atoms with Crippen molar-refractivity contribution < 1.29 is 0 Å². The molecule has 0 unspecified atom stereocenters. The molecule has 17 heavy (non-hydrogen) atoms. The van der Waals surface area contributed by atoms with E-state index in [0.717, 1.165) is 22.6 Å². The van der Waals surface area contributed by atoms with Crippen LogP contribution in [0.5, 0.6) is 0 Å².